The molecule has 0 aromatic heterocycles. The maximum Gasteiger partial charge on any atom is 0.209 e. The first-order valence-corrected chi connectivity index (χ1v) is 10.5. The van der Waals surface area contributed by atoms with Crippen LogP contribution in [0.1, 0.15) is 46.5 Å². The lowest BCUT2D eigenvalue weighted by Gasteiger charge is -2.62. The Morgan fingerprint density at radius 2 is 2.07 bits per heavy atom. The smallest absolute Gasteiger partial charge is 0.209 e. The topological polar surface area (TPSA) is 113 Å². The number of carbonyl (C=O) groups excluding carboxylic acids is 2. The Balaban J connectivity index is 1.86. The predicted octanol–water partition coefficient (Wildman–Crippen LogP) is 2.60. The minimum Gasteiger partial charge on any atom is -0.390 e. The number of rotatable bonds is 4. The lowest BCUT2D eigenvalue weighted by atomic mass is 9.44. The van der Waals surface area contributed by atoms with Crippen molar-refractivity contribution in [2.45, 2.75) is 63.8 Å². The van der Waals surface area contributed by atoms with Gasteiger partial charge in [-0.25, -0.2) is 4.39 Å². The molecule has 0 heterocycles. The molecule has 0 radical (unpaired) electrons. The summed E-state index contributed by atoms with van der Waals surface area (Å²) in [5.74, 6) is -2.34. The van der Waals surface area contributed by atoms with E-state index in [2.05, 4.69) is 5.34 Å². The molecule has 0 unspecified atom stereocenters. The number of hydrogen-bond acceptors (Lipinski definition) is 7. The SMILES string of the molecule is C[C@@H]1C[C@H]2[C@@H]3CCC4=CC(=O)C=C[C@]4(C)[C@@]3(F)[C@@H](O)C[C@]2(C)[C@@]1(ON=O)C(=O)CO. The van der Waals surface area contributed by atoms with Crippen molar-refractivity contribution in [1.29, 1.82) is 0 Å². The van der Waals surface area contributed by atoms with Gasteiger partial charge in [0.15, 0.2) is 16.8 Å². The van der Waals surface area contributed by atoms with Crippen molar-refractivity contribution in [2.24, 2.45) is 33.9 Å². The highest BCUT2D eigenvalue weighted by Gasteiger charge is 2.77. The van der Waals surface area contributed by atoms with Crippen LogP contribution in [0.5, 0.6) is 0 Å². The first-order chi connectivity index (χ1) is 14.0. The fourth-order valence-electron chi connectivity index (χ4n) is 7.55. The third-order valence-corrected chi connectivity index (χ3v) is 8.92. The van der Waals surface area contributed by atoms with E-state index in [4.69, 9.17) is 4.84 Å². The quantitative estimate of drug-likeness (QED) is 0.533. The fraction of sp³-hybridized carbons (Fsp3) is 0.727. The molecule has 164 valence electrons. The van der Waals surface area contributed by atoms with Gasteiger partial charge in [-0.2, -0.15) is 0 Å². The average Bonchev–Trinajstić information content (AvgIpc) is 2.91. The summed E-state index contributed by atoms with van der Waals surface area (Å²) in [5, 5.41) is 23.4. The molecule has 0 spiro atoms. The lowest BCUT2D eigenvalue weighted by Crippen LogP contribution is -2.69. The summed E-state index contributed by atoms with van der Waals surface area (Å²) in [7, 11) is 0. The second-order valence-electron chi connectivity index (χ2n) is 9.88. The summed E-state index contributed by atoms with van der Waals surface area (Å²) in [6, 6.07) is 0. The van der Waals surface area contributed by atoms with Crippen molar-refractivity contribution in [1.82, 2.24) is 0 Å². The van der Waals surface area contributed by atoms with Gasteiger partial charge in [-0.15, -0.1) is 4.91 Å². The second-order valence-corrected chi connectivity index (χ2v) is 9.88. The molecule has 8 atom stereocenters. The Morgan fingerprint density at radius 1 is 1.37 bits per heavy atom. The van der Waals surface area contributed by atoms with Gasteiger partial charge in [0.1, 0.15) is 6.61 Å². The molecular weight excluding hydrogens is 393 g/mol. The van der Waals surface area contributed by atoms with E-state index < -0.39 is 52.4 Å². The minimum absolute atomic E-state index is 0.124. The van der Waals surface area contributed by atoms with Gasteiger partial charge in [0.25, 0.3) is 0 Å². The second kappa shape index (κ2) is 6.53. The molecule has 0 saturated heterocycles. The molecule has 0 amide bonds. The zero-order valence-corrected chi connectivity index (χ0v) is 17.4. The van der Waals surface area contributed by atoms with Crippen LogP contribution >= 0.6 is 0 Å². The standard InChI is InChI=1S/C22H28FNO6/c1-12-8-16-15-5-4-13-9-14(26)6-7-19(13,2)21(15,23)17(27)10-20(16,3)22(12,30-24-29)18(28)11-25/h6-7,9,12,15-17,25,27H,4-5,8,10-11H2,1-3H3/t12-,15+,16+,17+,19+,20+,21+,22+/m1/s1. The van der Waals surface area contributed by atoms with Gasteiger partial charge in [0.05, 0.1) is 6.10 Å². The third kappa shape index (κ3) is 2.21. The molecule has 3 saturated carbocycles. The number of aliphatic hydroxyl groups is 2. The fourth-order valence-corrected chi connectivity index (χ4v) is 7.55. The van der Waals surface area contributed by atoms with Gasteiger partial charge >= 0.3 is 0 Å². The van der Waals surface area contributed by atoms with Crippen LogP contribution < -0.4 is 0 Å². The number of nitrogens with zero attached hydrogens (tertiary/aromatic N) is 1. The summed E-state index contributed by atoms with van der Waals surface area (Å²) in [6.45, 7) is 4.35. The van der Waals surface area contributed by atoms with E-state index in [1.54, 1.807) is 26.8 Å². The van der Waals surface area contributed by atoms with E-state index >= 15 is 4.39 Å². The molecule has 7 nitrogen and oxygen atoms in total. The first kappa shape index (κ1) is 21.3. The number of alkyl halides is 1. The number of halogens is 1. The summed E-state index contributed by atoms with van der Waals surface area (Å²) >= 11 is 0. The number of Topliss-reactive ketones (excluding diaryl/α,β-unsaturated/α-hetero) is 1. The lowest BCUT2D eigenvalue weighted by molar-refractivity contribution is -0.229. The zero-order chi connectivity index (χ0) is 22.1. The number of allylic oxidation sites excluding steroid dienone is 4. The van der Waals surface area contributed by atoms with Crippen LogP contribution in [0.4, 0.5) is 4.39 Å². The number of carbonyl (C=O) groups is 2. The summed E-state index contributed by atoms with van der Waals surface area (Å²) in [6.07, 6.45) is 4.11. The first-order valence-electron chi connectivity index (χ1n) is 10.5. The van der Waals surface area contributed by atoms with Crippen molar-refractivity contribution in [3.8, 4) is 0 Å². The van der Waals surface area contributed by atoms with Crippen molar-refractivity contribution < 1.29 is 29.0 Å². The highest BCUT2D eigenvalue weighted by molar-refractivity contribution is 6.01. The van der Waals surface area contributed by atoms with Crippen molar-refractivity contribution in [2.75, 3.05) is 6.61 Å². The van der Waals surface area contributed by atoms with Gasteiger partial charge in [0.2, 0.25) is 11.4 Å². The van der Waals surface area contributed by atoms with Crippen LogP contribution in [0.3, 0.4) is 0 Å². The maximum atomic E-state index is 17.0. The molecule has 4 rings (SSSR count). The van der Waals surface area contributed by atoms with Crippen molar-refractivity contribution in [3.63, 3.8) is 0 Å². The molecule has 0 aliphatic heterocycles. The van der Waals surface area contributed by atoms with Gasteiger partial charge in [-0.3, -0.25) is 9.59 Å². The van der Waals surface area contributed by atoms with E-state index in [-0.39, 0.29) is 18.1 Å². The van der Waals surface area contributed by atoms with Gasteiger partial charge in [-0.05, 0) is 50.7 Å². The van der Waals surface area contributed by atoms with Crippen molar-refractivity contribution >= 4 is 11.6 Å². The van der Waals surface area contributed by atoms with Crippen LogP contribution in [-0.4, -0.2) is 45.8 Å². The number of aliphatic hydroxyl groups excluding tert-OH is 2. The Kier molecular flexibility index (Phi) is 4.64. The Labute approximate surface area is 174 Å². The minimum atomic E-state index is -2.04. The average molecular weight is 421 g/mol. The summed E-state index contributed by atoms with van der Waals surface area (Å²) in [5.41, 5.74) is -5.29. The van der Waals surface area contributed by atoms with Crippen LogP contribution in [-0.2, 0) is 14.4 Å². The highest BCUT2D eigenvalue weighted by atomic mass is 19.1. The molecule has 30 heavy (non-hydrogen) atoms. The summed E-state index contributed by atoms with van der Waals surface area (Å²) < 4.78 is 17.0. The number of fused-ring (bicyclic) bond motifs is 5. The number of ketones is 2. The highest BCUT2D eigenvalue weighted by Crippen LogP contribution is 2.71. The molecule has 8 heteroatoms. The molecule has 0 aromatic carbocycles. The van der Waals surface area contributed by atoms with Gasteiger partial charge < -0.3 is 15.1 Å². The van der Waals surface area contributed by atoms with Crippen LogP contribution in [0.25, 0.3) is 0 Å². The number of hydrogen-bond donors (Lipinski definition) is 2. The van der Waals surface area contributed by atoms with Crippen molar-refractivity contribution in [3.05, 3.63) is 28.7 Å². The zero-order valence-electron chi connectivity index (χ0n) is 17.4. The maximum absolute atomic E-state index is 17.0. The predicted molar refractivity (Wildman–Crippen MR) is 105 cm³/mol. The van der Waals surface area contributed by atoms with E-state index in [0.717, 1.165) is 0 Å². The Bertz CT molecular complexity index is 872. The molecule has 0 aromatic rings. The van der Waals surface area contributed by atoms with E-state index in [1.165, 1.54) is 12.2 Å². The van der Waals surface area contributed by atoms with Crippen LogP contribution in [0, 0.1) is 33.5 Å². The van der Waals surface area contributed by atoms with Gasteiger partial charge in [-0.1, -0.05) is 25.5 Å². The molecular formula is C22H28FNO6. The molecule has 4 aliphatic rings. The monoisotopic (exact) mass is 421 g/mol. The Morgan fingerprint density at radius 3 is 2.70 bits per heavy atom. The molecule has 0 bridgehead atoms. The largest absolute Gasteiger partial charge is 0.390 e. The van der Waals surface area contributed by atoms with Crippen LogP contribution in [0.15, 0.2) is 29.1 Å². The summed E-state index contributed by atoms with van der Waals surface area (Å²) in [4.78, 5) is 41.1. The van der Waals surface area contributed by atoms with Crippen LogP contribution in [0.2, 0.25) is 0 Å². The molecule has 3 fully saturated rings. The normalized spacial score (nSPS) is 49.5. The third-order valence-electron chi connectivity index (χ3n) is 8.92. The Hall–Kier alpha value is -1.93. The molecule has 4 aliphatic carbocycles. The molecule has 2 N–H and O–H groups in total. The van der Waals surface area contributed by atoms with E-state index in [0.29, 0.717) is 24.8 Å². The van der Waals surface area contributed by atoms with E-state index in [9.17, 15) is 24.7 Å². The van der Waals surface area contributed by atoms with Gasteiger partial charge in [0, 0.05) is 22.7 Å². The van der Waals surface area contributed by atoms with E-state index in [1.807, 2.05) is 0 Å².